The van der Waals surface area contributed by atoms with Gasteiger partial charge in [0.15, 0.2) is 0 Å². The van der Waals surface area contributed by atoms with Crippen molar-refractivity contribution in [3.05, 3.63) is 35.9 Å². The molecule has 1 aromatic carbocycles. The van der Waals surface area contributed by atoms with Crippen LogP contribution in [-0.4, -0.2) is 61.8 Å². The lowest BCUT2D eigenvalue weighted by molar-refractivity contribution is -0.0172. The van der Waals surface area contributed by atoms with Gasteiger partial charge in [0.05, 0.1) is 18.8 Å². The molecule has 0 aromatic heterocycles. The number of amides is 2. The van der Waals surface area contributed by atoms with E-state index in [9.17, 15) is 4.79 Å². The lowest BCUT2D eigenvalue weighted by atomic mass is 10.1. The Morgan fingerprint density at radius 2 is 2.14 bits per heavy atom. The lowest BCUT2D eigenvalue weighted by Gasteiger charge is -2.31. The molecule has 0 bridgehead atoms. The molecule has 3 rings (SSSR count). The van der Waals surface area contributed by atoms with Gasteiger partial charge < -0.3 is 19.9 Å². The van der Waals surface area contributed by atoms with E-state index in [0.29, 0.717) is 6.54 Å². The second-order valence-electron chi connectivity index (χ2n) is 6.20. The minimum absolute atomic E-state index is 0.0307. The van der Waals surface area contributed by atoms with Gasteiger partial charge in [-0.2, -0.15) is 0 Å². The standard InChI is InChI=1S/C17H25N3O2/c1-19-10-11-22-15(13-19)12-18-17(21)20-9-5-8-16(20)14-6-3-2-4-7-14/h2-4,6-7,15-16H,5,8-13H2,1H3,(H,18,21)/t15-,16+/m0/s1. The van der Waals surface area contributed by atoms with Crippen molar-refractivity contribution in [3.63, 3.8) is 0 Å². The summed E-state index contributed by atoms with van der Waals surface area (Å²) in [5.41, 5.74) is 1.23. The minimum Gasteiger partial charge on any atom is -0.374 e. The molecule has 0 aliphatic carbocycles. The summed E-state index contributed by atoms with van der Waals surface area (Å²) >= 11 is 0. The van der Waals surface area contributed by atoms with Crippen molar-refractivity contribution in [1.29, 1.82) is 0 Å². The number of nitrogens with zero attached hydrogens (tertiary/aromatic N) is 2. The van der Waals surface area contributed by atoms with Crippen LogP contribution < -0.4 is 5.32 Å². The number of nitrogens with one attached hydrogen (secondary N) is 1. The number of carbonyl (C=O) groups is 1. The van der Waals surface area contributed by atoms with Crippen LogP contribution in [0.5, 0.6) is 0 Å². The van der Waals surface area contributed by atoms with Crippen LogP contribution in [0.15, 0.2) is 30.3 Å². The van der Waals surface area contributed by atoms with Gasteiger partial charge in [0.1, 0.15) is 0 Å². The molecule has 2 heterocycles. The number of carbonyl (C=O) groups excluding carboxylic acids is 1. The minimum atomic E-state index is 0.0307. The highest BCUT2D eigenvalue weighted by atomic mass is 16.5. The predicted octanol–water partition coefficient (Wildman–Crippen LogP) is 1.86. The molecule has 22 heavy (non-hydrogen) atoms. The Hall–Kier alpha value is -1.59. The molecular formula is C17H25N3O2. The van der Waals surface area contributed by atoms with E-state index in [1.54, 1.807) is 0 Å². The maximum Gasteiger partial charge on any atom is 0.318 e. The van der Waals surface area contributed by atoms with Crippen LogP contribution in [-0.2, 0) is 4.74 Å². The first-order chi connectivity index (χ1) is 10.7. The Balaban J connectivity index is 1.55. The summed E-state index contributed by atoms with van der Waals surface area (Å²) in [6.45, 7) is 4.00. The summed E-state index contributed by atoms with van der Waals surface area (Å²) in [6, 6.07) is 10.5. The summed E-state index contributed by atoms with van der Waals surface area (Å²) in [4.78, 5) is 16.7. The number of morpholine rings is 1. The van der Waals surface area contributed by atoms with Crippen LogP contribution in [0.1, 0.15) is 24.4 Å². The van der Waals surface area contributed by atoms with Crippen LogP contribution >= 0.6 is 0 Å². The molecule has 1 N–H and O–H groups in total. The van der Waals surface area contributed by atoms with Crippen LogP contribution in [0.3, 0.4) is 0 Å². The zero-order valence-electron chi connectivity index (χ0n) is 13.2. The highest BCUT2D eigenvalue weighted by Gasteiger charge is 2.30. The summed E-state index contributed by atoms with van der Waals surface area (Å²) in [5.74, 6) is 0. The monoisotopic (exact) mass is 303 g/mol. The smallest absolute Gasteiger partial charge is 0.318 e. The fraction of sp³-hybridized carbons (Fsp3) is 0.588. The average molecular weight is 303 g/mol. The molecule has 1 aromatic rings. The van der Waals surface area contributed by atoms with Crippen LogP contribution in [0.2, 0.25) is 0 Å². The number of likely N-dealkylation sites (N-methyl/N-ethyl adjacent to an activating group) is 1. The van der Waals surface area contributed by atoms with Gasteiger partial charge in [-0.3, -0.25) is 0 Å². The van der Waals surface area contributed by atoms with Gasteiger partial charge in [-0.15, -0.1) is 0 Å². The number of urea groups is 1. The predicted molar refractivity (Wildman–Crippen MR) is 85.8 cm³/mol. The fourth-order valence-electron chi connectivity index (χ4n) is 3.32. The quantitative estimate of drug-likeness (QED) is 0.927. The van der Waals surface area contributed by atoms with Crippen LogP contribution in [0.4, 0.5) is 4.79 Å². The van der Waals surface area contributed by atoms with Crippen molar-refractivity contribution >= 4 is 6.03 Å². The molecule has 2 aliphatic rings. The van der Waals surface area contributed by atoms with Gasteiger partial charge in [-0.1, -0.05) is 30.3 Å². The average Bonchev–Trinajstić information content (AvgIpc) is 3.03. The zero-order chi connectivity index (χ0) is 15.4. The van der Waals surface area contributed by atoms with Crippen molar-refractivity contribution in [2.45, 2.75) is 25.0 Å². The Morgan fingerprint density at radius 3 is 2.91 bits per heavy atom. The van der Waals surface area contributed by atoms with E-state index in [2.05, 4.69) is 29.4 Å². The van der Waals surface area contributed by atoms with E-state index in [1.165, 1.54) is 5.56 Å². The van der Waals surface area contributed by atoms with Crippen molar-refractivity contribution in [1.82, 2.24) is 15.1 Å². The first-order valence-corrected chi connectivity index (χ1v) is 8.13. The van der Waals surface area contributed by atoms with Crippen molar-refractivity contribution in [2.24, 2.45) is 0 Å². The first-order valence-electron chi connectivity index (χ1n) is 8.13. The maximum absolute atomic E-state index is 12.5. The Bertz CT molecular complexity index is 494. The van der Waals surface area contributed by atoms with Gasteiger partial charge in [-0.25, -0.2) is 4.79 Å². The normalized spacial score (nSPS) is 26.1. The molecule has 2 fully saturated rings. The summed E-state index contributed by atoms with van der Waals surface area (Å²) in [5, 5.41) is 3.05. The molecule has 0 unspecified atom stereocenters. The van der Waals surface area contributed by atoms with Crippen molar-refractivity contribution in [2.75, 3.05) is 39.8 Å². The second kappa shape index (κ2) is 7.11. The van der Waals surface area contributed by atoms with Crippen molar-refractivity contribution < 1.29 is 9.53 Å². The molecule has 120 valence electrons. The second-order valence-corrected chi connectivity index (χ2v) is 6.20. The number of likely N-dealkylation sites (tertiary alicyclic amines) is 1. The third-order valence-corrected chi connectivity index (χ3v) is 4.52. The summed E-state index contributed by atoms with van der Waals surface area (Å²) < 4.78 is 5.70. The number of hydrogen-bond acceptors (Lipinski definition) is 3. The van der Waals surface area contributed by atoms with E-state index in [4.69, 9.17) is 4.74 Å². The van der Waals surface area contributed by atoms with Gasteiger partial charge >= 0.3 is 6.03 Å². The van der Waals surface area contributed by atoms with Crippen molar-refractivity contribution in [3.8, 4) is 0 Å². The Kier molecular flexibility index (Phi) is 4.95. The largest absolute Gasteiger partial charge is 0.374 e. The zero-order valence-corrected chi connectivity index (χ0v) is 13.2. The van der Waals surface area contributed by atoms with E-state index in [0.717, 1.165) is 39.1 Å². The summed E-state index contributed by atoms with van der Waals surface area (Å²) in [6.07, 6.45) is 2.20. The number of hydrogen-bond donors (Lipinski definition) is 1. The van der Waals surface area contributed by atoms with Gasteiger partial charge in [0, 0.05) is 26.2 Å². The van der Waals surface area contributed by atoms with E-state index in [1.807, 2.05) is 23.1 Å². The summed E-state index contributed by atoms with van der Waals surface area (Å²) in [7, 11) is 2.09. The molecule has 2 amide bonds. The molecule has 2 atom stereocenters. The highest BCUT2D eigenvalue weighted by Crippen LogP contribution is 2.31. The molecule has 2 aliphatic heterocycles. The molecule has 0 radical (unpaired) electrons. The molecule has 0 spiro atoms. The molecule has 0 saturated carbocycles. The van der Waals surface area contributed by atoms with E-state index < -0.39 is 0 Å². The van der Waals surface area contributed by atoms with Gasteiger partial charge in [0.2, 0.25) is 0 Å². The molecule has 2 saturated heterocycles. The van der Waals surface area contributed by atoms with E-state index >= 15 is 0 Å². The molecule has 5 nitrogen and oxygen atoms in total. The van der Waals surface area contributed by atoms with Gasteiger partial charge in [-0.05, 0) is 25.5 Å². The SMILES string of the molecule is CN1CCO[C@@H](CNC(=O)N2CCC[C@@H]2c2ccccc2)C1. The van der Waals surface area contributed by atoms with Gasteiger partial charge in [0.25, 0.3) is 0 Å². The van der Waals surface area contributed by atoms with Crippen LogP contribution in [0.25, 0.3) is 0 Å². The topological polar surface area (TPSA) is 44.8 Å². The number of ether oxygens (including phenoxy) is 1. The first kappa shape index (κ1) is 15.3. The fourth-order valence-corrected chi connectivity index (χ4v) is 3.32. The highest BCUT2D eigenvalue weighted by molar-refractivity contribution is 5.75. The molecule has 5 heteroatoms. The Labute approximate surface area is 132 Å². The third kappa shape index (κ3) is 3.59. The van der Waals surface area contributed by atoms with Crippen LogP contribution in [0, 0.1) is 0 Å². The van der Waals surface area contributed by atoms with E-state index in [-0.39, 0.29) is 18.2 Å². The maximum atomic E-state index is 12.5. The molecular weight excluding hydrogens is 278 g/mol. The number of benzene rings is 1. The Morgan fingerprint density at radius 1 is 1.32 bits per heavy atom. The lowest BCUT2D eigenvalue weighted by Crippen LogP contribution is -2.48. The number of rotatable bonds is 3. The third-order valence-electron chi connectivity index (χ3n) is 4.52.